The van der Waals surface area contributed by atoms with Crippen LogP contribution in [0.25, 0.3) is 0 Å². The van der Waals surface area contributed by atoms with Gasteiger partial charge in [0.15, 0.2) is 12.9 Å². The van der Waals surface area contributed by atoms with E-state index in [4.69, 9.17) is 52.9 Å². The highest BCUT2D eigenvalue weighted by Gasteiger charge is 2.13. The molecule has 0 aliphatic heterocycles. The van der Waals surface area contributed by atoms with Crippen molar-refractivity contribution in [3.63, 3.8) is 0 Å². The second-order valence-electron chi connectivity index (χ2n) is 8.38. The van der Waals surface area contributed by atoms with Crippen LogP contribution in [0.1, 0.15) is 38.7 Å². The van der Waals surface area contributed by atoms with E-state index in [1.807, 2.05) is 6.92 Å². The molecule has 240 valence electrons. The molecule has 0 aromatic carbocycles. The number of nitrogens with zero attached hydrogens (tertiary/aromatic N) is 7. The van der Waals surface area contributed by atoms with Gasteiger partial charge in [0.2, 0.25) is 23.5 Å². The predicted molar refractivity (Wildman–Crippen MR) is 165 cm³/mol. The lowest BCUT2D eigenvalue weighted by Gasteiger charge is -2.09. The molecule has 0 aliphatic rings. The largest absolute Gasteiger partial charge is 0.481 e. The van der Waals surface area contributed by atoms with E-state index in [0.717, 1.165) is 11.4 Å². The van der Waals surface area contributed by atoms with Crippen LogP contribution >= 0.6 is 23.2 Å². The summed E-state index contributed by atoms with van der Waals surface area (Å²) in [4.78, 5) is 43.8. The molecule has 45 heavy (non-hydrogen) atoms. The van der Waals surface area contributed by atoms with Gasteiger partial charge in [-0.05, 0) is 38.1 Å². The summed E-state index contributed by atoms with van der Waals surface area (Å²) in [5, 5.41) is 5.00. The second-order valence-corrected chi connectivity index (χ2v) is 9.25. The molecule has 0 bridgehead atoms. The molecular formula is C28H32Cl2N8O7. The molecular weight excluding hydrogens is 631 g/mol. The highest BCUT2D eigenvalue weighted by atomic mass is 35.5. The summed E-state index contributed by atoms with van der Waals surface area (Å²) in [6, 6.07) is 6.68. The molecule has 0 spiro atoms. The minimum Gasteiger partial charge on any atom is -0.481 e. The Morgan fingerprint density at radius 3 is 1.53 bits per heavy atom. The fourth-order valence-corrected chi connectivity index (χ4v) is 3.96. The summed E-state index contributed by atoms with van der Waals surface area (Å²) in [5.74, 6) is 6.49. The van der Waals surface area contributed by atoms with Gasteiger partial charge in [-0.3, -0.25) is 19.6 Å². The van der Waals surface area contributed by atoms with E-state index >= 15 is 0 Å². The third-order valence-corrected chi connectivity index (χ3v) is 5.64. The van der Waals surface area contributed by atoms with Gasteiger partial charge in [0.1, 0.15) is 36.1 Å². The van der Waals surface area contributed by atoms with Crippen LogP contribution in [0.15, 0.2) is 42.1 Å². The lowest BCUT2D eigenvalue weighted by atomic mass is 10.3. The number of carbonyl (C=O) groups is 1. The highest BCUT2D eigenvalue weighted by Crippen LogP contribution is 2.24. The normalized spacial score (nSPS) is 10.2. The summed E-state index contributed by atoms with van der Waals surface area (Å²) in [5.41, 5.74) is 3.71. The molecule has 4 aromatic rings. The minimum atomic E-state index is 0.100. The van der Waals surface area contributed by atoms with Crippen molar-refractivity contribution in [2.75, 3.05) is 28.4 Å². The molecule has 0 amide bonds. The van der Waals surface area contributed by atoms with Gasteiger partial charge in [-0.25, -0.2) is 25.8 Å². The lowest BCUT2D eigenvalue weighted by molar-refractivity contribution is 0.111. The number of methoxy groups -OCH3 is 4. The monoisotopic (exact) mass is 662 g/mol. The Morgan fingerprint density at radius 1 is 0.711 bits per heavy atom. The number of aldehydes is 1. The number of aryl methyl sites for hydroxylation is 2. The molecule has 2 N–H and O–H groups in total. The van der Waals surface area contributed by atoms with Crippen LogP contribution in [0.4, 0.5) is 0 Å². The topological polar surface area (TPSA) is 188 Å². The van der Waals surface area contributed by atoms with Crippen LogP contribution < -0.4 is 24.8 Å². The van der Waals surface area contributed by atoms with Crippen molar-refractivity contribution in [3.05, 3.63) is 80.9 Å². The van der Waals surface area contributed by atoms with Gasteiger partial charge in [0.25, 0.3) is 0 Å². The minimum absolute atomic E-state index is 0.100. The maximum Gasteiger partial charge on any atom is 0.226 e. The van der Waals surface area contributed by atoms with Crippen molar-refractivity contribution in [2.45, 2.75) is 27.1 Å². The van der Waals surface area contributed by atoms with E-state index in [1.54, 1.807) is 25.1 Å². The molecule has 15 nitrogen and oxygen atoms in total. The van der Waals surface area contributed by atoms with Gasteiger partial charge in [-0.2, -0.15) is 0 Å². The standard InChI is InChI=1S/C14H15ClN4O3.C7H6ClNO.C7H11N3O3/c1-9-4-10(15)5-11(19-9)6-18-22-7-12-13(20-2)16-8-17-14(12)21-3;1-5-2-6(8)3-7(4-10)9-5;1-11-6-5(3-13-8)7(12-2)10-4-9-6/h4-6,8H,7H2,1-3H3;2-4H,1H3;4H,3,8H2,1-2H3/b18-6+;;. The molecule has 17 heteroatoms. The first-order chi connectivity index (χ1) is 21.7. The van der Waals surface area contributed by atoms with E-state index in [1.165, 1.54) is 53.4 Å². The van der Waals surface area contributed by atoms with Crippen LogP contribution in [0.3, 0.4) is 0 Å². The Morgan fingerprint density at radius 2 is 1.13 bits per heavy atom. The van der Waals surface area contributed by atoms with Gasteiger partial charge in [0, 0.05) is 21.4 Å². The van der Waals surface area contributed by atoms with Crippen molar-refractivity contribution >= 4 is 35.7 Å². The molecule has 4 rings (SSSR count). The SMILES string of the molecule is COc1ncnc(OC)c1CO/N=C/c1cc(Cl)cc(C)n1.COc1ncnc(OC)c1CON.Cc1cc(Cl)cc(C=O)n1. The first-order valence-electron chi connectivity index (χ1n) is 12.7. The fourth-order valence-electron chi connectivity index (χ4n) is 3.42. The van der Waals surface area contributed by atoms with Crippen molar-refractivity contribution < 1.29 is 33.4 Å². The Kier molecular flexibility index (Phi) is 15.9. The second kappa shape index (κ2) is 19.6. The fraction of sp³-hybridized carbons (Fsp3) is 0.286. The van der Waals surface area contributed by atoms with Crippen molar-refractivity contribution in [3.8, 4) is 23.5 Å². The summed E-state index contributed by atoms with van der Waals surface area (Å²) in [7, 11) is 6.02. The molecule has 0 saturated heterocycles. The first-order valence-corrected chi connectivity index (χ1v) is 13.5. The lowest BCUT2D eigenvalue weighted by Crippen LogP contribution is -2.05. The van der Waals surface area contributed by atoms with E-state index in [9.17, 15) is 4.79 Å². The average molecular weight is 664 g/mol. The summed E-state index contributed by atoms with van der Waals surface area (Å²) in [6.45, 7) is 3.89. The van der Waals surface area contributed by atoms with Crippen LogP contribution in [0.5, 0.6) is 23.5 Å². The number of hydrogen-bond donors (Lipinski definition) is 1. The zero-order valence-corrected chi connectivity index (χ0v) is 26.9. The van der Waals surface area contributed by atoms with Crippen LogP contribution in [-0.4, -0.2) is 70.8 Å². The third-order valence-electron chi connectivity index (χ3n) is 5.20. The first kappa shape index (κ1) is 36.5. The number of rotatable bonds is 11. The number of nitrogens with two attached hydrogens (primary N) is 1. The number of pyridine rings is 2. The molecule has 0 fully saturated rings. The van der Waals surface area contributed by atoms with Crippen LogP contribution in [-0.2, 0) is 22.9 Å². The Hall–Kier alpha value is -4.70. The number of hydrogen-bond acceptors (Lipinski definition) is 15. The quantitative estimate of drug-likeness (QED) is 0.137. The number of aromatic nitrogens is 6. The van der Waals surface area contributed by atoms with E-state index in [2.05, 4.69) is 39.9 Å². The van der Waals surface area contributed by atoms with Crippen molar-refractivity contribution in [1.82, 2.24) is 29.9 Å². The zero-order valence-electron chi connectivity index (χ0n) is 25.4. The molecule has 0 radical (unpaired) electrons. The van der Waals surface area contributed by atoms with E-state index < -0.39 is 0 Å². The molecule has 0 unspecified atom stereocenters. The molecule has 0 aliphatic carbocycles. The molecule has 4 heterocycles. The summed E-state index contributed by atoms with van der Waals surface area (Å²) < 4.78 is 20.2. The van der Waals surface area contributed by atoms with Gasteiger partial charge >= 0.3 is 0 Å². The smallest absolute Gasteiger partial charge is 0.226 e. The van der Waals surface area contributed by atoms with Crippen LogP contribution in [0.2, 0.25) is 10.0 Å². The number of carbonyl (C=O) groups excluding carboxylic acids is 1. The van der Waals surface area contributed by atoms with E-state index in [0.29, 0.717) is 62.4 Å². The molecule has 0 atom stereocenters. The number of ether oxygens (including phenoxy) is 4. The average Bonchev–Trinajstić information content (AvgIpc) is 3.03. The number of halogens is 2. The zero-order chi connectivity index (χ0) is 33.2. The van der Waals surface area contributed by atoms with Gasteiger partial charge in [0.05, 0.1) is 40.3 Å². The maximum atomic E-state index is 10.2. The Balaban J connectivity index is 0.000000259. The van der Waals surface area contributed by atoms with Gasteiger partial charge < -0.3 is 23.8 Å². The number of oxime groups is 1. The Labute approximate surface area is 269 Å². The highest BCUT2D eigenvalue weighted by molar-refractivity contribution is 6.31. The van der Waals surface area contributed by atoms with Crippen molar-refractivity contribution in [1.29, 1.82) is 0 Å². The molecule has 4 aromatic heterocycles. The van der Waals surface area contributed by atoms with Crippen molar-refractivity contribution in [2.24, 2.45) is 11.1 Å². The van der Waals surface area contributed by atoms with Crippen LogP contribution in [0, 0.1) is 13.8 Å². The summed E-state index contributed by atoms with van der Waals surface area (Å²) in [6.07, 6.45) is 4.85. The van der Waals surface area contributed by atoms with E-state index in [-0.39, 0.29) is 13.2 Å². The predicted octanol–water partition coefficient (Wildman–Crippen LogP) is 4.14. The summed E-state index contributed by atoms with van der Waals surface area (Å²) >= 11 is 11.6. The van der Waals surface area contributed by atoms with Gasteiger partial charge in [-0.15, -0.1) is 0 Å². The maximum absolute atomic E-state index is 10.2. The third kappa shape index (κ3) is 12.1. The Bertz CT molecular complexity index is 1480. The van der Waals surface area contributed by atoms with Gasteiger partial charge in [-0.1, -0.05) is 28.4 Å². The molecule has 0 saturated carbocycles.